The fraction of sp³-hybridized carbons (Fsp3) is 0.462. The minimum absolute atomic E-state index is 0.0905. The van der Waals surface area contributed by atoms with Crippen molar-refractivity contribution < 1.29 is 9.53 Å². The number of hydrogen-bond acceptors (Lipinski definition) is 3. The Balaban J connectivity index is 2.66. The zero-order valence-electron chi connectivity index (χ0n) is 10.8. The molecule has 0 radical (unpaired) electrons. The van der Waals surface area contributed by atoms with Crippen molar-refractivity contribution in [3.63, 3.8) is 0 Å². The molecule has 1 atom stereocenters. The van der Waals surface area contributed by atoms with E-state index in [9.17, 15) is 4.79 Å². The van der Waals surface area contributed by atoms with Crippen LogP contribution in [0, 0.1) is 5.92 Å². The number of benzene rings is 1. The number of methoxy groups -OCH3 is 1. The SMILES string of the molecule is COc1cc(Br)ccc1C(=O)NCC(C)CSC. The van der Waals surface area contributed by atoms with Gasteiger partial charge < -0.3 is 10.1 Å². The summed E-state index contributed by atoms with van der Waals surface area (Å²) in [4.78, 5) is 12.0. The van der Waals surface area contributed by atoms with E-state index in [0.717, 1.165) is 10.2 Å². The van der Waals surface area contributed by atoms with Gasteiger partial charge in [-0.15, -0.1) is 0 Å². The van der Waals surface area contributed by atoms with Gasteiger partial charge in [-0.2, -0.15) is 11.8 Å². The van der Waals surface area contributed by atoms with Crippen LogP contribution in [0.2, 0.25) is 0 Å². The number of carbonyl (C=O) groups excluding carboxylic acids is 1. The smallest absolute Gasteiger partial charge is 0.255 e. The second-order valence-corrected chi connectivity index (χ2v) is 5.94. The van der Waals surface area contributed by atoms with E-state index in [1.54, 1.807) is 31.0 Å². The molecular formula is C13H18BrNO2S. The number of nitrogens with one attached hydrogen (secondary N) is 1. The van der Waals surface area contributed by atoms with E-state index in [0.29, 0.717) is 23.8 Å². The largest absolute Gasteiger partial charge is 0.496 e. The topological polar surface area (TPSA) is 38.3 Å². The van der Waals surface area contributed by atoms with E-state index >= 15 is 0 Å². The third-order valence-corrected chi connectivity index (χ3v) is 3.87. The number of carbonyl (C=O) groups is 1. The first kappa shape index (κ1) is 15.4. The van der Waals surface area contributed by atoms with Gasteiger partial charge in [0.2, 0.25) is 0 Å². The number of rotatable bonds is 6. The van der Waals surface area contributed by atoms with Crippen LogP contribution in [-0.2, 0) is 0 Å². The number of halogens is 1. The van der Waals surface area contributed by atoms with Crippen molar-refractivity contribution in [2.24, 2.45) is 5.92 Å². The quantitative estimate of drug-likeness (QED) is 0.869. The van der Waals surface area contributed by atoms with Crippen molar-refractivity contribution in [3.8, 4) is 5.75 Å². The number of thioether (sulfide) groups is 1. The fourth-order valence-corrected chi connectivity index (χ4v) is 2.59. The average molecular weight is 332 g/mol. The zero-order valence-corrected chi connectivity index (χ0v) is 13.2. The van der Waals surface area contributed by atoms with Crippen LogP contribution in [-0.4, -0.2) is 31.6 Å². The van der Waals surface area contributed by atoms with Gasteiger partial charge in [-0.05, 0) is 36.1 Å². The Labute approximate surface area is 121 Å². The number of hydrogen-bond donors (Lipinski definition) is 1. The Kier molecular flexibility index (Phi) is 6.57. The minimum Gasteiger partial charge on any atom is -0.496 e. The molecule has 1 rings (SSSR count). The first-order valence-corrected chi connectivity index (χ1v) is 7.87. The minimum atomic E-state index is -0.0905. The highest BCUT2D eigenvalue weighted by atomic mass is 79.9. The van der Waals surface area contributed by atoms with Crippen LogP contribution in [0.15, 0.2) is 22.7 Å². The van der Waals surface area contributed by atoms with Crippen molar-refractivity contribution >= 4 is 33.6 Å². The van der Waals surface area contributed by atoms with Gasteiger partial charge in [0, 0.05) is 11.0 Å². The maximum atomic E-state index is 12.0. The Morgan fingerprint density at radius 1 is 1.56 bits per heavy atom. The Morgan fingerprint density at radius 3 is 2.89 bits per heavy atom. The lowest BCUT2D eigenvalue weighted by atomic mass is 10.1. The van der Waals surface area contributed by atoms with Crippen LogP contribution in [0.1, 0.15) is 17.3 Å². The van der Waals surface area contributed by atoms with E-state index < -0.39 is 0 Å². The van der Waals surface area contributed by atoms with Gasteiger partial charge in [-0.1, -0.05) is 22.9 Å². The molecule has 0 bridgehead atoms. The summed E-state index contributed by atoms with van der Waals surface area (Å²) in [6.45, 7) is 2.80. The second kappa shape index (κ2) is 7.69. The lowest BCUT2D eigenvalue weighted by Crippen LogP contribution is -2.29. The van der Waals surface area contributed by atoms with Crippen LogP contribution in [0.5, 0.6) is 5.75 Å². The molecule has 0 saturated carbocycles. The third kappa shape index (κ3) is 4.53. The molecule has 0 aliphatic heterocycles. The maximum Gasteiger partial charge on any atom is 0.255 e. The standard InChI is InChI=1S/C13H18BrNO2S/c1-9(8-18-3)7-15-13(16)11-5-4-10(14)6-12(11)17-2/h4-6,9H,7-8H2,1-3H3,(H,15,16). The van der Waals surface area contributed by atoms with Crippen LogP contribution < -0.4 is 10.1 Å². The maximum absolute atomic E-state index is 12.0. The molecule has 1 unspecified atom stereocenters. The molecule has 100 valence electrons. The average Bonchev–Trinajstić information content (AvgIpc) is 2.36. The van der Waals surface area contributed by atoms with Gasteiger partial charge in [-0.3, -0.25) is 4.79 Å². The monoisotopic (exact) mass is 331 g/mol. The summed E-state index contributed by atoms with van der Waals surface area (Å²) in [5.41, 5.74) is 0.567. The van der Waals surface area contributed by atoms with Crippen LogP contribution in [0.4, 0.5) is 0 Å². The van der Waals surface area contributed by atoms with Gasteiger partial charge in [-0.25, -0.2) is 0 Å². The molecule has 0 aromatic heterocycles. The van der Waals surface area contributed by atoms with E-state index in [-0.39, 0.29) is 5.91 Å². The molecule has 5 heteroatoms. The predicted octanol–water partition coefficient (Wildman–Crippen LogP) is 3.19. The Bertz CT molecular complexity index is 412. The first-order valence-electron chi connectivity index (χ1n) is 5.69. The van der Waals surface area contributed by atoms with E-state index in [2.05, 4.69) is 34.4 Å². The molecule has 0 saturated heterocycles. The number of amides is 1. The van der Waals surface area contributed by atoms with Crippen molar-refractivity contribution in [2.75, 3.05) is 25.7 Å². The highest BCUT2D eigenvalue weighted by Gasteiger charge is 2.13. The molecule has 1 aromatic carbocycles. The summed E-state index contributed by atoms with van der Waals surface area (Å²) in [6.07, 6.45) is 2.07. The van der Waals surface area contributed by atoms with Gasteiger partial charge in [0.25, 0.3) is 5.91 Å². The summed E-state index contributed by atoms with van der Waals surface area (Å²) in [5, 5.41) is 2.93. The third-order valence-electron chi connectivity index (χ3n) is 2.47. The summed E-state index contributed by atoms with van der Waals surface area (Å²) in [5.74, 6) is 2.00. The molecule has 0 heterocycles. The molecule has 3 nitrogen and oxygen atoms in total. The molecule has 18 heavy (non-hydrogen) atoms. The summed E-state index contributed by atoms with van der Waals surface area (Å²) in [6, 6.07) is 5.39. The summed E-state index contributed by atoms with van der Waals surface area (Å²) >= 11 is 5.14. The normalized spacial score (nSPS) is 12.0. The van der Waals surface area contributed by atoms with Crippen molar-refractivity contribution in [2.45, 2.75) is 6.92 Å². The van der Waals surface area contributed by atoms with E-state index in [1.165, 1.54) is 0 Å². The molecular weight excluding hydrogens is 314 g/mol. The van der Waals surface area contributed by atoms with Gasteiger partial charge in [0.05, 0.1) is 12.7 Å². The Hall–Kier alpha value is -0.680. The highest BCUT2D eigenvalue weighted by molar-refractivity contribution is 9.10. The zero-order chi connectivity index (χ0) is 13.5. The fourth-order valence-electron chi connectivity index (χ4n) is 1.56. The van der Waals surface area contributed by atoms with Crippen LogP contribution in [0.3, 0.4) is 0 Å². The second-order valence-electron chi connectivity index (χ2n) is 4.12. The molecule has 0 fully saturated rings. The predicted molar refractivity (Wildman–Crippen MR) is 80.6 cm³/mol. The highest BCUT2D eigenvalue weighted by Crippen LogP contribution is 2.23. The van der Waals surface area contributed by atoms with Crippen molar-refractivity contribution in [3.05, 3.63) is 28.2 Å². The summed E-state index contributed by atoms with van der Waals surface area (Å²) < 4.78 is 6.10. The van der Waals surface area contributed by atoms with Crippen LogP contribution in [0.25, 0.3) is 0 Å². The molecule has 1 N–H and O–H groups in total. The van der Waals surface area contributed by atoms with Crippen molar-refractivity contribution in [1.82, 2.24) is 5.32 Å². The molecule has 0 aliphatic carbocycles. The number of ether oxygens (including phenoxy) is 1. The molecule has 0 spiro atoms. The van der Waals surface area contributed by atoms with E-state index in [4.69, 9.17) is 4.74 Å². The van der Waals surface area contributed by atoms with Crippen LogP contribution >= 0.6 is 27.7 Å². The van der Waals surface area contributed by atoms with Gasteiger partial charge in [0.15, 0.2) is 0 Å². The Morgan fingerprint density at radius 2 is 2.28 bits per heavy atom. The van der Waals surface area contributed by atoms with Gasteiger partial charge >= 0.3 is 0 Å². The lowest BCUT2D eigenvalue weighted by Gasteiger charge is -2.13. The van der Waals surface area contributed by atoms with Gasteiger partial charge in [0.1, 0.15) is 5.75 Å². The summed E-state index contributed by atoms with van der Waals surface area (Å²) in [7, 11) is 1.56. The first-order chi connectivity index (χ1) is 8.58. The molecule has 1 amide bonds. The van der Waals surface area contributed by atoms with E-state index in [1.807, 2.05) is 6.07 Å². The van der Waals surface area contributed by atoms with Crippen molar-refractivity contribution in [1.29, 1.82) is 0 Å². The molecule has 1 aromatic rings. The lowest BCUT2D eigenvalue weighted by molar-refractivity contribution is 0.0946. The molecule has 0 aliphatic rings.